The summed E-state index contributed by atoms with van der Waals surface area (Å²) >= 11 is 0. The molecule has 2 nitrogen and oxygen atoms in total. The highest BCUT2D eigenvalue weighted by molar-refractivity contribution is 5.88. The van der Waals surface area contributed by atoms with Gasteiger partial charge in [-0.25, -0.2) is 0 Å². The fraction of sp³-hybridized carbons (Fsp3) is 0.471. The largest absolute Gasteiger partial charge is 0.346 e. The van der Waals surface area contributed by atoms with Crippen LogP contribution in [0.4, 0.5) is 0 Å². The van der Waals surface area contributed by atoms with Crippen molar-refractivity contribution in [2.24, 2.45) is 0 Å². The number of hydrogen-bond acceptors (Lipinski definition) is 1. The molecule has 0 saturated carbocycles. The number of allylic oxidation sites excluding steroid dienone is 1. The van der Waals surface area contributed by atoms with Gasteiger partial charge in [0.25, 0.3) is 0 Å². The summed E-state index contributed by atoms with van der Waals surface area (Å²) in [5.41, 5.74) is 5.18. The molecular weight excluding hydrogens is 234 g/mol. The van der Waals surface area contributed by atoms with Crippen molar-refractivity contribution in [2.75, 3.05) is 0 Å². The Bertz CT molecular complexity index is 498. The van der Waals surface area contributed by atoms with Crippen LogP contribution in [0.3, 0.4) is 0 Å². The van der Waals surface area contributed by atoms with E-state index in [9.17, 15) is 4.79 Å². The van der Waals surface area contributed by atoms with E-state index in [1.54, 1.807) is 6.08 Å². The van der Waals surface area contributed by atoms with Crippen LogP contribution < -0.4 is 5.32 Å². The first-order valence-electron chi connectivity index (χ1n) is 7.13. The quantitative estimate of drug-likeness (QED) is 0.822. The van der Waals surface area contributed by atoms with Crippen molar-refractivity contribution in [3.8, 4) is 0 Å². The normalized spacial score (nSPS) is 15.3. The zero-order valence-electron chi connectivity index (χ0n) is 12.1. The van der Waals surface area contributed by atoms with Crippen molar-refractivity contribution in [3.05, 3.63) is 46.5 Å². The molecule has 0 radical (unpaired) electrons. The molecule has 102 valence electrons. The minimum absolute atomic E-state index is 0.00905. The van der Waals surface area contributed by atoms with Gasteiger partial charge in [-0.05, 0) is 63.1 Å². The lowest BCUT2D eigenvalue weighted by molar-refractivity contribution is -0.117. The Morgan fingerprint density at radius 2 is 1.89 bits per heavy atom. The number of benzene rings is 1. The van der Waals surface area contributed by atoms with Crippen LogP contribution in [-0.4, -0.2) is 5.91 Å². The second kappa shape index (κ2) is 6.05. The topological polar surface area (TPSA) is 29.1 Å². The third-order valence-corrected chi connectivity index (χ3v) is 3.65. The summed E-state index contributed by atoms with van der Waals surface area (Å²) in [6.07, 6.45) is 6.62. The maximum Gasteiger partial charge on any atom is 0.244 e. The molecule has 1 amide bonds. The molecule has 1 unspecified atom stereocenters. The monoisotopic (exact) mass is 257 g/mol. The zero-order valence-corrected chi connectivity index (χ0v) is 12.1. The van der Waals surface area contributed by atoms with Gasteiger partial charge in [-0.2, -0.15) is 0 Å². The van der Waals surface area contributed by atoms with E-state index in [1.165, 1.54) is 42.4 Å². The fourth-order valence-corrected chi connectivity index (χ4v) is 2.62. The summed E-state index contributed by atoms with van der Waals surface area (Å²) < 4.78 is 0. The maximum atomic E-state index is 11.7. The number of fused-ring (bicyclic) bond motifs is 1. The molecule has 2 rings (SSSR count). The predicted octanol–water partition coefficient (Wildman–Crippen LogP) is 3.71. The van der Waals surface area contributed by atoms with Crippen LogP contribution >= 0.6 is 0 Å². The van der Waals surface area contributed by atoms with Crippen LogP contribution in [0.25, 0.3) is 0 Å². The highest BCUT2D eigenvalue weighted by Crippen LogP contribution is 2.24. The van der Waals surface area contributed by atoms with Crippen molar-refractivity contribution < 1.29 is 4.79 Å². The van der Waals surface area contributed by atoms with Crippen LogP contribution in [0, 0.1) is 0 Å². The molecule has 0 spiro atoms. The van der Waals surface area contributed by atoms with E-state index in [0.29, 0.717) is 0 Å². The standard InChI is InChI=1S/C17H23NO/c1-12(2)10-17(19)18-13(3)15-9-8-14-6-4-5-7-16(14)11-15/h8-11,13H,4-7H2,1-3H3,(H,18,19). The summed E-state index contributed by atoms with van der Waals surface area (Å²) in [5, 5.41) is 3.02. The fourth-order valence-electron chi connectivity index (χ4n) is 2.62. The average Bonchev–Trinajstić information content (AvgIpc) is 2.37. The van der Waals surface area contributed by atoms with Crippen molar-refractivity contribution in [2.45, 2.75) is 52.5 Å². The second-order valence-electron chi connectivity index (χ2n) is 5.69. The zero-order chi connectivity index (χ0) is 13.8. The Balaban J connectivity index is 2.09. The van der Waals surface area contributed by atoms with Gasteiger partial charge in [0, 0.05) is 6.08 Å². The number of carbonyl (C=O) groups excluding carboxylic acids is 1. The Kier molecular flexibility index (Phi) is 4.41. The number of amides is 1. The molecule has 1 aromatic rings. The van der Waals surface area contributed by atoms with E-state index >= 15 is 0 Å². The molecule has 1 aliphatic rings. The van der Waals surface area contributed by atoms with Gasteiger partial charge in [-0.15, -0.1) is 0 Å². The van der Waals surface area contributed by atoms with Crippen LogP contribution in [0.2, 0.25) is 0 Å². The molecule has 2 heteroatoms. The Labute approximate surface area is 115 Å². The lowest BCUT2D eigenvalue weighted by Crippen LogP contribution is -2.25. The molecule has 1 aromatic carbocycles. The highest BCUT2D eigenvalue weighted by Gasteiger charge is 2.13. The van der Waals surface area contributed by atoms with E-state index < -0.39 is 0 Å². The number of nitrogens with one attached hydrogen (secondary N) is 1. The van der Waals surface area contributed by atoms with Crippen molar-refractivity contribution in [3.63, 3.8) is 0 Å². The summed E-state index contributed by atoms with van der Waals surface area (Å²) in [6.45, 7) is 5.91. The molecule has 0 bridgehead atoms. The SMILES string of the molecule is CC(C)=CC(=O)NC(C)c1ccc2c(c1)CCCC2. The Morgan fingerprint density at radius 1 is 1.21 bits per heavy atom. The summed E-state index contributed by atoms with van der Waals surface area (Å²) in [6, 6.07) is 6.71. The molecule has 0 saturated heterocycles. The molecule has 0 heterocycles. The minimum Gasteiger partial charge on any atom is -0.346 e. The van der Waals surface area contributed by atoms with Crippen molar-refractivity contribution in [1.29, 1.82) is 0 Å². The molecular formula is C17H23NO. The molecule has 0 fully saturated rings. The Morgan fingerprint density at radius 3 is 2.58 bits per heavy atom. The minimum atomic E-state index is -0.00905. The van der Waals surface area contributed by atoms with Gasteiger partial charge in [-0.1, -0.05) is 23.8 Å². The van der Waals surface area contributed by atoms with Gasteiger partial charge in [0.2, 0.25) is 5.91 Å². The molecule has 1 atom stereocenters. The first kappa shape index (κ1) is 13.9. The van der Waals surface area contributed by atoms with E-state index in [1.807, 2.05) is 20.8 Å². The first-order chi connectivity index (χ1) is 9.06. The van der Waals surface area contributed by atoms with Gasteiger partial charge in [0.05, 0.1) is 6.04 Å². The van der Waals surface area contributed by atoms with Gasteiger partial charge in [-0.3, -0.25) is 4.79 Å². The van der Waals surface area contributed by atoms with Crippen LogP contribution in [0.1, 0.15) is 56.3 Å². The van der Waals surface area contributed by atoms with Crippen LogP contribution in [0.5, 0.6) is 0 Å². The van der Waals surface area contributed by atoms with Gasteiger partial charge >= 0.3 is 0 Å². The van der Waals surface area contributed by atoms with Crippen LogP contribution in [0.15, 0.2) is 29.8 Å². The molecule has 19 heavy (non-hydrogen) atoms. The molecule has 1 N–H and O–H groups in total. The van der Waals surface area contributed by atoms with E-state index in [2.05, 4.69) is 23.5 Å². The second-order valence-corrected chi connectivity index (χ2v) is 5.69. The summed E-state index contributed by atoms with van der Waals surface area (Å²) in [7, 11) is 0. The number of carbonyl (C=O) groups is 1. The van der Waals surface area contributed by atoms with E-state index in [4.69, 9.17) is 0 Å². The number of rotatable bonds is 3. The molecule has 1 aliphatic carbocycles. The smallest absolute Gasteiger partial charge is 0.244 e. The molecule has 0 aliphatic heterocycles. The maximum absolute atomic E-state index is 11.7. The Hall–Kier alpha value is -1.57. The predicted molar refractivity (Wildman–Crippen MR) is 79.1 cm³/mol. The highest BCUT2D eigenvalue weighted by atomic mass is 16.1. The van der Waals surface area contributed by atoms with Crippen molar-refractivity contribution in [1.82, 2.24) is 5.32 Å². The third kappa shape index (κ3) is 3.69. The molecule has 0 aromatic heterocycles. The summed E-state index contributed by atoms with van der Waals surface area (Å²) in [4.78, 5) is 11.7. The van der Waals surface area contributed by atoms with E-state index in [-0.39, 0.29) is 11.9 Å². The average molecular weight is 257 g/mol. The van der Waals surface area contributed by atoms with E-state index in [0.717, 1.165) is 5.57 Å². The van der Waals surface area contributed by atoms with Gasteiger partial charge in [0.15, 0.2) is 0 Å². The number of hydrogen-bond donors (Lipinski definition) is 1. The summed E-state index contributed by atoms with van der Waals surface area (Å²) in [5.74, 6) is -0.00905. The lowest BCUT2D eigenvalue weighted by Gasteiger charge is -2.19. The number of aryl methyl sites for hydroxylation is 2. The van der Waals surface area contributed by atoms with Gasteiger partial charge < -0.3 is 5.32 Å². The third-order valence-electron chi connectivity index (χ3n) is 3.65. The first-order valence-corrected chi connectivity index (χ1v) is 7.13. The van der Waals surface area contributed by atoms with Crippen LogP contribution in [-0.2, 0) is 17.6 Å². The van der Waals surface area contributed by atoms with Gasteiger partial charge in [0.1, 0.15) is 0 Å². The van der Waals surface area contributed by atoms with Crippen molar-refractivity contribution >= 4 is 5.91 Å². The lowest BCUT2D eigenvalue weighted by atomic mass is 9.89.